The van der Waals surface area contributed by atoms with Crippen LogP contribution in [0.5, 0.6) is 0 Å². The SMILES string of the molecule is O=C(NCCCn1ccnn1)C1Cc2nc[nH]c2CN1. The van der Waals surface area contributed by atoms with Crippen molar-refractivity contribution in [1.82, 2.24) is 35.6 Å². The number of nitrogens with one attached hydrogen (secondary N) is 3. The van der Waals surface area contributed by atoms with Crippen LogP contribution in [-0.4, -0.2) is 43.5 Å². The lowest BCUT2D eigenvalue weighted by molar-refractivity contribution is -0.123. The van der Waals surface area contributed by atoms with Crippen LogP contribution in [-0.2, 0) is 24.3 Å². The summed E-state index contributed by atoms with van der Waals surface area (Å²) in [6, 6.07) is -0.197. The minimum Gasteiger partial charge on any atom is -0.355 e. The van der Waals surface area contributed by atoms with Gasteiger partial charge >= 0.3 is 0 Å². The predicted molar refractivity (Wildman–Crippen MR) is 70.6 cm³/mol. The molecule has 8 heteroatoms. The molecule has 0 spiro atoms. The van der Waals surface area contributed by atoms with Crippen LogP contribution >= 0.6 is 0 Å². The standard InChI is InChI=1S/C12H17N7O/c20-12(13-2-1-4-19-5-3-17-18-19)10-6-9-11(7-14-10)16-8-15-9/h3,5,8,10,14H,1-2,4,6-7H2,(H,13,20)(H,15,16). The Bertz CT molecular complexity index is 562. The third-order valence-electron chi connectivity index (χ3n) is 3.38. The molecule has 3 heterocycles. The Morgan fingerprint density at radius 2 is 2.50 bits per heavy atom. The zero-order valence-corrected chi connectivity index (χ0v) is 11.0. The highest BCUT2D eigenvalue weighted by Crippen LogP contribution is 2.11. The summed E-state index contributed by atoms with van der Waals surface area (Å²) in [5, 5.41) is 13.7. The summed E-state index contributed by atoms with van der Waals surface area (Å²) in [5.41, 5.74) is 2.05. The van der Waals surface area contributed by atoms with E-state index in [4.69, 9.17) is 0 Å². The van der Waals surface area contributed by atoms with Gasteiger partial charge in [-0.25, -0.2) is 4.98 Å². The molecule has 0 aliphatic carbocycles. The molecule has 2 aromatic rings. The lowest BCUT2D eigenvalue weighted by atomic mass is 10.0. The number of aryl methyl sites for hydroxylation is 1. The number of H-pyrrole nitrogens is 1. The second-order valence-corrected chi connectivity index (χ2v) is 4.78. The molecule has 3 rings (SSSR count). The van der Waals surface area contributed by atoms with Gasteiger partial charge in [0, 0.05) is 32.3 Å². The Labute approximate surface area is 116 Å². The normalized spacial score (nSPS) is 17.7. The fraction of sp³-hybridized carbons (Fsp3) is 0.500. The lowest BCUT2D eigenvalue weighted by Gasteiger charge is -2.22. The number of amides is 1. The number of nitrogens with zero attached hydrogens (tertiary/aromatic N) is 4. The van der Waals surface area contributed by atoms with Gasteiger partial charge in [-0.05, 0) is 6.42 Å². The molecule has 1 unspecified atom stereocenters. The summed E-state index contributed by atoms with van der Waals surface area (Å²) in [7, 11) is 0. The minimum atomic E-state index is -0.197. The van der Waals surface area contributed by atoms with Crippen LogP contribution in [0.1, 0.15) is 17.8 Å². The average molecular weight is 275 g/mol. The number of hydrogen-bond donors (Lipinski definition) is 3. The van der Waals surface area contributed by atoms with Crippen molar-refractivity contribution in [2.75, 3.05) is 6.54 Å². The number of rotatable bonds is 5. The molecule has 106 valence electrons. The van der Waals surface area contributed by atoms with Crippen molar-refractivity contribution in [2.45, 2.75) is 32.0 Å². The number of aromatic nitrogens is 5. The molecule has 1 amide bonds. The Kier molecular flexibility index (Phi) is 3.73. The Hall–Kier alpha value is -2.22. The Morgan fingerprint density at radius 1 is 1.55 bits per heavy atom. The molecule has 0 saturated carbocycles. The summed E-state index contributed by atoms with van der Waals surface area (Å²) in [5.74, 6) is 0.0252. The van der Waals surface area contributed by atoms with Crippen molar-refractivity contribution in [3.05, 3.63) is 30.1 Å². The van der Waals surface area contributed by atoms with Crippen molar-refractivity contribution < 1.29 is 4.79 Å². The van der Waals surface area contributed by atoms with E-state index in [-0.39, 0.29) is 11.9 Å². The van der Waals surface area contributed by atoms with Crippen molar-refractivity contribution in [2.24, 2.45) is 0 Å². The van der Waals surface area contributed by atoms with Gasteiger partial charge in [0.2, 0.25) is 5.91 Å². The van der Waals surface area contributed by atoms with Crippen molar-refractivity contribution in [3.63, 3.8) is 0 Å². The molecular weight excluding hydrogens is 258 g/mol. The van der Waals surface area contributed by atoms with Crippen molar-refractivity contribution in [3.8, 4) is 0 Å². The van der Waals surface area contributed by atoms with Gasteiger partial charge in [-0.1, -0.05) is 5.21 Å². The van der Waals surface area contributed by atoms with Crippen LogP contribution in [0.15, 0.2) is 18.7 Å². The van der Waals surface area contributed by atoms with Gasteiger partial charge in [-0.2, -0.15) is 0 Å². The molecule has 20 heavy (non-hydrogen) atoms. The molecular formula is C12H17N7O. The summed E-state index contributed by atoms with van der Waals surface area (Å²) in [6.45, 7) is 2.04. The number of aromatic amines is 1. The molecule has 0 saturated heterocycles. The van der Waals surface area contributed by atoms with Crippen molar-refractivity contribution in [1.29, 1.82) is 0 Å². The quantitative estimate of drug-likeness (QED) is 0.622. The molecule has 1 atom stereocenters. The molecule has 1 aliphatic rings. The van der Waals surface area contributed by atoms with E-state index in [9.17, 15) is 4.79 Å². The van der Waals surface area contributed by atoms with E-state index in [0.717, 1.165) is 24.4 Å². The molecule has 1 aliphatic heterocycles. The Balaban J connectivity index is 1.41. The van der Waals surface area contributed by atoms with Crippen LogP contribution in [0.3, 0.4) is 0 Å². The van der Waals surface area contributed by atoms with Crippen LogP contribution in [0.4, 0.5) is 0 Å². The minimum absolute atomic E-state index is 0.0252. The van der Waals surface area contributed by atoms with Crippen LogP contribution in [0.2, 0.25) is 0 Å². The maximum atomic E-state index is 12.0. The van der Waals surface area contributed by atoms with E-state index in [1.165, 1.54) is 0 Å². The van der Waals surface area contributed by atoms with Gasteiger partial charge in [-0.3, -0.25) is 14.8 Å². The van der Waals surface area contributed by atoms with E-state index in [0.29, 0.717) is 19.5 Å². The van der Waals surface area contributed by atoms with Gasteiger partial charge in [-0.15, -0.1) is 5.10 Å². The van der Waals surface area contributed by atoms with Crippen LogP contribution in [0.25, 0.3) is 0 Å². The summed E-state index contributed by atoms with van der Waals surface area (Å²) >= 11 is 0. The van der Waals surface area contributed by atoms with Gasteiger partial charge in [0.25, 0.3) is 0 Å². The number of carbonyl (C=O) groups is 1. The number of hydrogen-bond acceptors (Lipinski definition) is 5. The Morgan fingerprint density at radius 3 is 3.35 bits per heavy atom. The average Bonchev–Trinajstić information content (AvgIpc) is 3.13. The van der Waals surface area contributed by atoms with Crippen LogP contribution in [0, 0.1) is 0 Å². The van der Waals surface area contributed by atoms with E-state index in [1.807, 2.05) is 6.20 Å². The fourth-order valence-electron chi connectivity index (χ4n) is 2.28. The maximum Gasteiger partial charge on any atom is 0.237 e. The molecule has 2 aromatic heterocycles. The molecule has 0 aromatic carbocycles. The number of fused-ring (bicyclic) bond motifs is 1. The highest BCUT2D eigenvalue weighted by Gasteiger charge is 2.25. The monoisotopic (exact) mass is 275 g/mol. The van der Waals surface area contributed by atoms with Crippen molar-refractivity contribution >= 4 is 5.91 Å². The van der Waals surface area contributed by atoms with Gasteiger partial charge in [0.15, 0.2) is 0 Å². The first-order valence-corrected chi connectivity index (χ1v) is 6.69. The van der Waals surface area contributed by atoms with Gasteiger partial charge in [0.05, 0.1) is 30.0 Å². The highest BCUT2D eigenvalue weighted by atomic mass is 16.2. The number of imidazole rings is 1. The van der Waals surface area contributed by atoms with E-state index >= 15 is 0 Å². The first kappa shape index (κ1) is 12.8. The van der Waals surface area contributed by atoms with Crippen LogP contribution < -0.4 is 10.6 Å². The summed E-state index contributed by atoms with van der Waals surface area (Å²) in [4.78, 5) is 19.3. The molecule has 0 bridgehead atoms. The third kappa shape index (κ3) is 2.85. The van der Waals surface area contributed by atoms with Gasteiger partial charge < -0.3 is 10.3 Å². The summed E-state index contributed by atoms with van der Waals surface area (Å²) in [6.07, 6.45) is 6.59. The lowest BCUT2D eigenvalue weighted by Crippen LogP contribution is -2.48. The second-order valence-electron chi connectivity index (χ2n) is 4.78. The second kappa shape index (κ2) is 5.83. The highest BCUT2D eigenvalue weighted by molar-refractivity contribution is 5.82. The largest absolute Gasteiger partial charge is 0.355 e. The van der Waals surface area contributed by atoms with Gasteiger partial charge in [0.1, 0.15) is 0 Å². The van der Waals surface area contributed by atoms with E-state index in [2.05, 4.69) is 30.9 Å². The molecule has 0 radical (unpaired) electrons. The topological polar surface area (TPSA) is 101 Å². The van der Waals surface area contributed by atoms with E-state index < -0.39 is 0 Å². The molecule has 3 N–H and O–H groups in total. The number of carbonyl (C=O) groups excluding carboxylic acids is 1. The first-order valence-electron chi connectivity index (χ1n) is 6.69. The molecule has 8 nitrogen and oxygen atoms in total. The summed E-state index contributed by atoms with van der Waals surface area (Å²) < 4.78 is 1.75. The maximum absolute atomic E-state index is 12.0. The molecule has 0 fully saturated rings. The zero-order valence-electron chi connectivity index (χ0n) is 11.0. The van der Waals surface area contributed by atoms with E-state index in [1.54, 1.807) is 17.2 Å². The predicted octanol–water partition coefficient (Wildman–Crippen LogP) is -0.778. The third-order valence-corrected chi connectivity index (χ3v) is 3.38. The first-order chi connectivity index (χ1) is 9.83. The fourth-order valence-corrected chi connectivity index (χ4v) is 2.28. The smallest absolute Gasteiger partial charge is 0.237 e. The zero-order chi connectivity index (χ0) is 13.8.